The van der Waals surface area contributed by atoms with Crippen LogP contribution < -0.4 is 23.8 Å². The van der Waals surface area contributed by atoms with Gasteiger partial charge in [0.05, 0.1) is 27.0 Å². The maximum Gasteiger partial charge on any atom is 0.265 e. The van der Waals surface area contributed by atoms with E-state index in [4.69, 9.17) is 23.5 Å². The second-order valence-electron chi connectivity index (χ2n) is 6.67. The highest BCUT2D eigenvalue weighted by Gasteiger charge is 2.28. The molecule has 9 nitrogen and oxygen atoms in total. The summed E-state index contributed by atoms with van der Waals surface area (Å²) in [7, 11) is 4.60. The molecule has 0 N–H and O–H groups in total. The van der Waals surface area contributed by atoms with Crippen molar-refractivity contribution in [2.75, 3.05) is 32.8 Å². The van der Waals surface area contributed by atoms with Gasteiger partial charge in [0, 0.05) is 5.56 Å². The topological polar surface area (TPSA) is 96.2 Å². The molecular formula is C21H21N3O6. The van der Waals surface area contributed by atoms with Crippen LogP contribution in [0.3, 0.4) is 0 Å². The lowest BCUT2D eigenvalue weighted by Gasteiger charge is -2.28. The summed E-state index contributed by atoms with van der Waals surface area (Å²) < 4.78 is 27.0. The molecule has 1 aliphatic rings. The lowest BCUT2D eigenvalue weighted by atomic mass is 10.1. The van der Waals surface area contributed by atoms with Gasteiger partial charge >= 0.3 is 0 Å². The first-order chi connectivity index (χ1) is 14.5. The summed E-state index contributed by atoms with van der Waals surface area (Å²) in [5.74, 6) is 2.52. The first-order valence-electron chi connectivity index (χ1n) is 9.20. The maximum absolute atomic E-state index is 12.5. The molecule has 0 saturated heterocycles. The monoisotopic (exact) mass is 411 g/mol. The smallest absolute Gasteiger partial charge is 0.265 e. The number of ether oxygens (including phenoxy) is 4. The van der Waals surface area contributed by atoms with Crippen molar-refractivity contribution < 1.29 is 28.3 Å². The van der Waals surface area contributed by atoms with Gasteiger partial charge in [0.25, 0.3) is 5.91 Å². The van der Waals surface area contributed by atoms with Gasteiger partial charge in [-0.25, -0.2) is 0 Å². The molecule has 0 saturated carbocycles. The first kappa shape index (κ1) is 19.6. The molecule has 4 rings (SSSR count). The number of fused-ring (bicyclic) bond motifs is 1. The van der Waals surface area contributed by atoms with Crippen molar-refractivity contribution in [1.29, 1.82) is 0 Å². The van der Waals surface area contributed by atoms with Gasteiger partial charge in [0.2, 0.25) is 17.5 Å². The number of anilines is 1. The third kappa shape index (κ3) is 3.49. The molecule has 1 aromatic heterocycles. The molecule has 0 aliphatic carbocycles. The Bertz CT molecular complexity index is 1070. The van der Waals surface area contributed by atoms with Crippen LogP contribution in [0, 0.1) is 6.92 Å². The minimum atomic E-state index is -0.180. The predicted octanol–water partition coefficient (Wildman–Crippen LogP) is 3.00. The van der Waals surface area contributed by atoms with E-state index in [1.54, 1.807) is 17.0 Å². The predicted molar refractivity (Wildman–Crippen MR) is 107 cm³/mol. The van der Waals surface area contributed by atoms with Crippen molar-refractivity contribution in [3.05, 3.63) is 41.8 Å². The van der Waals surface area contributed by atoms with Crippen molar-refractivity contribution >= 4 is 11.6 Å². The molecule has 1 amide bonds. The summed E-state index contributed by atoms with van der Waals surface area (Å²) in [5, 5.41) is 4.05. The van der Waals surface area contributed by atoms with Crippen molar-refractivity contribution in [3.63, 3.8) is 0 Å². The molecule has 0 radical (unpaired) electrons. The molecular weight excluding hydrogens is 390 g/mol. The van der Waals surface area contributed by atoms with Crippen molar-refractivity contribution in [1.82, 2.24) is 10.1 Å². The van der Waals surface area contributed by atoms with Gasteiger partial charge in [0.1, 0.15) is 12.3 Å². The van der Waals surface area contributed by atoms with Gasteiger partial charge in [-0.2, -0.15) is 4.98 Å². The fourth-order valence-electron chi connectivity index (χ4n) is 3.27. The molecule has 3 aromatic rings. The van der Waals surface area contributed by atoms with Crippen molar-refractivity contribution in [2.45, 2.75) is 13.5 Å². The highest BCUT2D eigenvalue weighted by Crippen LogP contribution is 2.40. The van der Waals surface area contributed by atoms with Gasteiger partial charge in [-0.1, -0.05) is 11.2 Å². The second-order valence-corrected chi connectivity index (χ2v) is 6.67. The van der Waals surface area contributed by atoms with Crippen LogP contribution in [-0.4, -0.2) is 44.0 Å². The average Bonchev–Trinajstić information content (AvgIpc) is 3.23. The third-order valence-electron chi connectivity index (χ3n) is 4.74. The minimum Gasteiger partial charge on any atom is -0.493 e. The summed E-state index contributed by atoms with van der Waals surface area (Å²) in [4.78, 5) is 18.5. The summed E-state index contributed by atoms with van der Waals surface area (Å²) in [6.07, 6.45) is 0. The Labute approximate surface area is 173 Å². The first-order valence-corrected chi connectivity index (χ1v) is 9.20. The van der Waals surface area contributed by atoms with Crippen LogP contribution in [0.15, 0.2) is 34.9 Å². The number of aromatic nitrogens is 2. The number of benzene rings is 2. The maximum atomic E-state index is 12.5. The Hall–Kier alpha value is -3.75. The molecule has 2 aromatic carbocycles. The van der Waals surface area contributed by atoms with Crippen molar-refractivity contribution in [3.8, 4) is 34.4 Å². The number of amides is 1. The van der Waals surface area contributed by atoms with Gasteiger partial charge in [-0.05, 0) is 36.8 Å². The number of methoxy groups -OCH3 is 3. The number of rotatable bonds is 6. The van der Waals surface area contributed by atoms with Crippen LogP contribution in [0.1, 0.15) is 11.5 Å². The van der Waals surface area contributed by atoms with Gasteiger partial charge in [0.15, 0.2) is 18.1 Å². The van der Waals surface area contributed by atoms with E-state index >= 15 is 0 Å². The standard InChI is InChI=1S/C21H21N3O6/c1-12-5-6-15-14(7-12)24(19(25)11-29-15)10-18-22-21(23-30-18)13-8-16(26-2)20(28-4)17(9-13)27-3/h5-9H,10-11H2,1-4H3. The zero-order chi connectivity index (χ0) is 21.3. The van der Waals surface area contributed by atoms with E-state index in [2.05, 4.69) is 10.1 Å². The van der Waals surface area contributed by atoms with Crippen LogP contribution in [0.4, 0.5) is 5.69 Å². The number of aryl methyl sites for hydroxylation is 1. The Kier molecular flexibility index (Phi) is 5.18. The third-order valence-corrected chi connectivity index (χ3v) is 4.74. The molecule has 0 fully saturated rings. The molecule has 1 aliphatic heterocycles. The van der Waals surface area contributed by atoms with E-state index in [1.807, 2.05) is 25.1 Å². The molecule has 156 valence electrons. The van der Waals surface area contributed by atoms with E-state index in [-0.39, 0.29) is 19.1 Å². The molecule has 0 unspecified atom stereocenters. The zero-order valence-electron chi connectivity index (χ0n) is 17.1. The number of carbonyl (C=O) groups excluding carboxylic acids is 1. The summed E-state index contributed by atoms with van der Waals surface area (Å²) >= 11 is 0. The molecule has 2 heterocycles. The zero-order valence-corrected chi connectivity index (χ0v) is 17.1. The summed E-state index contributed by atoms with van der Waals surface area (Å²) in [6, 6.07) is 9.13. The second kappa shape index (κ2) is 7.94. The minimum absolute atomic E-state index is 0.0378. The van der Waals surface area contributed by atoms with E-state index in [0.29, 0.717) is 46.0 Å². The van der Waals surface area contributed by atoms with Crippen LogP contribution in [-0.2, 0) is 11.3 Å². The largest absolute Gasteiger partial charge is 0.493 e. The van der Waals surface area contributed by atoms with Crippen LogP contribution >= 0.6 is 0 Å². The SMILES string of the molecule is COc1cc(-c2noc(CN3C(=O)COc4ccc(C)cc43)n2)cc(OC)c1OC. The van der Waals surface area contributed by atoms with E-state index in [9.17, 15) is 4.79 Å². The van der Waals surface area contributed by atoms with E-state index in [0.717, 1.165) is 5.56 Å². The number of hydrogen-bond donors (Lipinski definition) is 0. The van der Waals surface area contributed by atoms with Crippen molar-refractivity contribution in [2.24, 2.45) is 0 Å². The summed E-state index contributed by atoms with van der Waals surface area (Å²) in [5.41, 5.74) is 2.32. The molecule has 30 heavy (non-hydrogen) atoms. The molecule has 9 heteroatoms. The molecule has 0 bridgehead atoms. The van der Waals surface area contributed by atoms with E-state index in [1.165, 1.54) is 21.3 Å². The van der Waals surface area contributed by atoms with Gasteiger partial charge in [-0.15, -0.1) is 0 Å². The summed E-state index contributed by atoms with van der Waals surface area (Å²) in [6.45, 7) is 2.05. The molecule has 0 spiro atoms. The van der Waals surface area contributed by atoms with Gasteiger partial charge in [-0.3, -0.25) is 9.69 Å². The highest BCUT2D eigenvalue weighted by atomic mass is 16.5. The Morgan fingerprint density at radius 1 is 1.07 bits per heavy atom. The number of nitrogens with zero attached hydrogens (tertiary/aromatic N) is 3. The number of carbonyl (C=O) groups is 1. The molecule has 0 atom stereocenters. The van der Waals surface area contributed by atoms with Gasteiger partial charge < -0.3 is 23.5 Å². The average molecular weight is 411 g/mol. The Balaban J connectivity index is 1.65. The Morgan fingerprint density at radius 2 is 1.80 bits per heavy atom. The fourth-order valence-corrected chi connectivity index (χ4v) is 3.27. The Morgan fingerprint density at radius 3 is 2.47 bits per heavy atom. The highest BCUT2D eigenvalue weighted by molar-refractivity contribution is 5.97. The van der Waals surface area contributed by atoms with Crippen LogP contribution in [0.25, 0.3) is 11.4 Å². The van der Waals surface area contributed by atoms with Crippen LogP contribution in [0.5, 0.6) is 23.0 Å². The lowest BCUT2D eigenvalue weighted by molar-refractivity contribution is -0.121. The van der Waals surface area contributed by atoms with Crippen LogP contribution in [0.2, 0.25) is 0 Å². The van der Waals surface area contributed by atoms with E-state index < -0.39 is 0 Å². The number of hydrogen-bond acceptors (Lipinski definition) is 8. The normalized spacial score (nSPS) is 12.9. The lowest BCUT2D eigenvalue weighted by Crippen LogP contribution is -2.38. The quantitative estimate of drug-likeness (QED) is 0.611. The fraction of sp³-hybridized carbons (Fsp3) is 0.286.